The van der Waals surface area contributed by atoms with Crippen LogP contribution in [0.1, 0.15) is 63.9 Å². The summed E-state index contributed by atoms with van der Waals surface area (Å²) >= 11 is 3.64. The van der Waals surface area contributed by atoms with E-state index >= 15 is 0 Å². The lowest BCUT2D eigenvalue weighted by atomic mass is 9.69. The summed E-state index contributed by atoms with van der Waals surface area (Å²) < 4.78 is 12.6. The van der Waals surface area contributed by atoms with Crippen LogP contribution in [0, 0.1) is 16.7 Å². The molecule has 0 amide bonds. The highest BCUT2D eigenvalue weighted by molar-refractivity contribution is 9.10. The number of nitrogens with zero attached hydrogens (tertiary/aromatic N) is 1. The van der Waals surface area contributed by atoms with E-state index in [2.05, 4.69) is 41.2 Å². The lowest BCUT2D eigenvalue weighted by Crippen LogP contribution is -2.39. The molecule has 1 heterocycles. The van der Waals surface area contributed by atoms with Crippen molar-refractivity contribution >= 4 is 21.7 Å². The summed E-state index contributed by atoms with van der Waals surface area (Å²) in [6, 6.07) is 6.02. The number of carbonyl (C=O) groups excluding carboxylic acids is 1. The van der Waals surface area contributed by atoms with Gasteiger partial charge in [0.05, 0.1) is 35.2 Å². The molecule has 164 valence electrons. The Bertz CT molecular complexity index is 1030. The molecule has 3 N–H and O–H groups in total. The average molecular weight is 486 g/mol. The molecule has 1 saturated carbocycles. The molecule has 1 atom stereocenters. The molecule has 0 bridgehead atoms. The summed E-state index contributed by atoms with van der Waals surface area (Å²) in [5.41, 5.74) is 8.65. The zero-order valence-electron chi connectivity index (χ0n) is 18.2. The Labute approximate surface area is 191 Å². The first-order chi connectivity index (χ1) is 14.7. The van der Waals surface area contributed by atoms with Crippen LogP contribution in [0.15, 0.2) is 39.3 Å². The van der Waals surface area contributed by atoms with Crippen molar-refractivity contribution in [2.24, 2.45) is 11.1 Å². The second kappa shape index (κ2) is 8.23. The van der Waals surface area contributed by atoms with Crippen LogP contribution in [-0.2, 0) is 4.79 Å². The fourth-order valence-electron chi connectivity index (χ4n) is 4.96. The van der Waals surface area contributed by atoms with E-state index < -0.39 is 5.92 Å². The minimum Gasteiger partial charge on any atom is -0.493 e. The normalized spacial score (nSPS) is 23.3. The van der Waals surface area contributed by atoms with Crippen molar-refractivity contribution in [2.75, 3.05) is 7.11 Å². The molecule has 1 aromatic rings. The molecular formula is C24H28BrN3O3. The van der Waals surface area contributed by atoms with Gasteiger partial charge >= 0.3 is 0 Å². The minimum absolute atomic E-state index is 0.0466. The number of hydrogen-bond acceptors (Lipinski definition) is 6. The number of ketones is 1. The van der Waals surface area contributed by atoms with E-state index in [1.54, 1.807) is 7.11 Å². The quantitative estimate of drug-likeness (QED) is 0.635. The molecule has 0 unspecified atom stereocenters. The second-order valence-electron chi connectivity index (χ2n) is 9.39. The maximum absolute atomic E-state index is 13.2. The largest absolute Gasteiger partial charge is 0.493 e. The highest BCUT2D eigenvalue weighted by Gasteiger charge is 2.42. The van der Waals surface area contributed by atoms with Crippen molar-refractivity contribution in [3.63, 3.8) is 0 Å². The van der Waals surface area contributed by atoms with Crippen molar-refractivity contribution in [2.45, 2.75) is 64.4 Å². The highest BCUT2D eigenvalue weighted by Crippen LogP contribution is 2.48. The third-order valence-electron chi connectivity index (χ3n) is 6.37. The van der Waals surface area contributed by atoms with Gasteiger partial charge in [0.25, 0.3) is 0 Å². The molecule has 0 spiro atoms. The first-order valence-electron chi connectivity index (χ1n) is 10.7. The fourth-order valence-corrected chi connectivity index (χ4v) is 5.52. The van der Waals surface area contributed by atoms with Crippen LogP contribution in [0.4, 0.5) is 0 Å². The van der Waals surface area contributed by atoms with Gasteiger partial charge in [-0.25, -0.2) is 0 Å². The molecule has 1 aromatic carbocycles. The van der Waals surface area contributed by atoms with Crippen LogP contribution in [-0.4, -0.2) is 19.0 Å². The fraction of sp³-hybridized carbons (Fsp3) is 0.500. The maximum Gasteiger partial charge on any atom is 0.175 e. The first-order valence-corrected chi connectivity index (χ1v) is 11.5. The van der Waals surface area contributed by atoms with Crippen molar-refractivity contribution in [1.29, 1.82) is 5.26 Å². The third-order valence-corrected chi connectivity index (χ3v) is 6.95. The number of ether oxygens (including phenoxy) is 2. The van der Waals surface area contributed by atoms with Gasteiger partial charge in [-0.2, -0.15) is 5.26 Å². The molecule has 1 fully saturated rings. The van der Waals surface area contributed by atoms with Gasteiger partial charge in [-0.1, -0.05) is 13.8 Å². The summed E-state index contributed by atoms with van der Waals surface area (Å²) in [5.74, 6) is 1.06. The number of halogens is 1. The topological polar surface area (TPSA) is 97.4 Å². The van der Waals surface area contributed by atoms with Crippen molar-refractivity contribution in [1.82, 2.24) is 5.32 Å². The molecule has 6 nitrogen and oxygen atoms in total. The summed E-state index contributed by atoms with van der Waals surface area (Å²) in [7, 11) is 1.60. The molecule has 0 radical (unpaired) electrons. The van der Waals surface area contributed by atoms with E-state index in [9.17, 15) is 10.1 Å². The standard InChI is InChI=1S/C24H28BrN3O3/c1-24(2)10-17-21(18(29)11-24)20(15(12-26)23(27)28-17)13-8-16(25)22(19(9-13)30-3)31-14-6-4-5-7-14/h8-9,14,20,28H,4-7,10-11,27H2,1-3H3/t20-/m1/s1. The monoisotopic (exact) mass is 485 g/mol. The molecule has 1 aliphatic heterocycles. The molecule has 31 heavy (non-hydrogen) atoms. The van der Waals surface area contributed by atoms with Gasteiger partial charge in [0, 0.05) is 17.7 Å². The third kappa shape index (κ3) is 4.06. The number of allylic oxidation sites excluding steroid dienone is 3. The predicted molar refractivity (Wildman–Crippen MR) is 121 cm³/mol. The number of benzene rings is 1. The highest BCUT2D eigenvalue weighted by atomic mass is 79.9. The number of hydrogen-bond donors (Lipinski definition) is 2. The van der Waals surface area contributed by atoms with Crippen LogP contribution in [0.3, 0.4) is 0 Å². The van der Waals surface area contributed by atoms with E-state index in [-0.39, 0.29) is 17.3 Å². The van der Waals surface area contributed by atoms with E-state index in [1.165, 1.54) is 12.8 Å². The summed E-state index contributed by atoms with van der Waals surface area (Å²) in [5, 5.41) is 13.0. The molecule has 3 aliphatic rings. The Hall–Kier alpha value is -2.46. The average Bonchev–Trinajstić information content (AvgIpc) is 3.20. The number of rotatable bonds is 4. The molecule has 4 rings (SSSR count). The SMILES string of the molecule is COc1cc([C@@H]2C(C#N)=C(N)NC3=C2C(=O)CC(C)(C)C3)cc(Br)c1OC1CCCC1. The van der Waals surface area contributed by atoms with Crippen LogP contribution in [0.25, 0.3) is 0 Å². The summed E-state index contributed by atoms with van der Waals surface area (Å²) in [6.45, 7) is 4.14. The maximum atomic E-state index is 13.2. The Morgan fingerprint density at radius 1 is 1.26 bits per heavy atom. The second-order valence-corrected chi connectivity index (χ2v) is 10.2. The number of Topliss-reactive ketones (excluding diaryl/α,β-unsaturated/α-hetero) is 1. The van der Waals surface area contributed by atoms with Gasteiger partial charge in [0.1, 0.15) is 5.82 Å². The number of dihydropyridines is 1. The zero-order chi connectivity index (χ0) is 22.3. The first kappa shape index (κ1) is 21.8. The predicted octanol–water partition coefficient (Wildman–Crippen LogP) is 4.80. The van der Waals surface area contributed by atoms with E-state index in [0.717, 1.165) is 28.6 Å². The number of methoxy groups -OCH3 is 1. The van der Waals surface area contributed by atoms with Gasteiger partial charge in [0.15, 0.2) is 17.3 Å². The Balaban J connectivity index is 1.81. The van der Waals surface area contributed by atoms with E-state index in [1.807, 2.05) is 12.1 Å². The Morgan fingerprint density at radius 3 is 2.61 bits per heavy atom. The number of carbonyl (C=O) groups is 1. The number of nitriles is 1. The van der Waals surface area contributed by atoms with Gasteiger partial charge in [0.2, 0.25) is 0 Å². The van der Waals surface area contributed by atoms with E-state index in [0.29, 0.717) is 41.3 Å². The summed E-state index contributed by atoms with van der Waals surface area (Å²) in [6.07, 6.45) is 5.71. The molecular weight excluding hydrogens is 458 g/mol. The van der Waals surface area contributed by atoms with Crippen LogP contribution in [0.5, 0.6) is 11.5 Å². The van der Waals surface area contributed by atoms with Gasteiger partial charge in [-0.3, -0.25) is 4.79 Å². The molecule has 2 aliphatic carbocycles. The Kier molecular flexibility index (Phi) is 5.78. The van der Waals surface area contributed by atoms with Crippen LogP contribution >= 0.6 is 15.9 Å². The molecule has 7 heteroatoms. The van der Waals surface area contributed by atoms with Crippen molar-refractivity contribution in [3.8, 4) is 17.6 Å². The van der Waals surface area contributed by atoms with Crippen molar-refractivity contribution < 1.29 is 14.3 Å². The van der Waals surface area contributed by atoms with Crippen molar-refractivity contribution in [3.05, 3.63) is 44.8 Å². The van der Waals surface area contributed by atoms with Crippen LogP contribution < -0.4 is 20.5 Å². The molecule has 0 saturated heterocycles. The molecule has 0 aromatic heterocycles. The lowest BCUT2D eigenvalue weighted by molar-refractivity contribution is -0.118. The number of nitrogens with two attached hydrogens (primary N) is 1. The zero-order valence-corrected chi connectivity index (χ0v) is 19.8. The number of nitrogens with one attached hydrogen (secondary N) is 1. The summed E-state index contributed by atoms with van der Waals surface area (Å²) in [4.78, 5) is 13.2. The Morgan fingerprint density at radius 2 is 1.97 bits per heavy atom. The smallest absolute Gasteiger partial charge is 0.175 e. The van der Waals surface area contributed by atoms with Gasteiger partial charge in [-0.15, -0.1) is 0 Å². The lowest BCUT2D eigenvalue weighted by Gasteiger charge is -2.38. The minimum atomic E-state index is -0.532. The van der Waals surface area contributed by atoms with E-state index in [4.69, 9.17) is 15.2 Å². The van der Waals surface area contributed by atoms with Gasteiger partial charge in [-0.05, 0) is 71.1 Å². The van der Waals surface area contributed by atoms with Crippen LogP contribution in [0.2, 0.25) is 0 Å². The van der Waals surface area contributed by atoms with Gasteiger partial charge < -0.3 is 20.5 Å².